The highest BCUT2D eigenvalue weighted by Crippen LogP contribution is 2.10. The second-order valence-corrected chi connectivity index (χ2v) is 9.00. The molecule has 0 spiro atoms. The van der Waals surface area contributed by atoms with E-state index in [1.54, 1.807) is 0 Å². The molecule has 1 amide bonds. The van der Waals surface area contributed by atoms with Gasteiger partial charge in [0, 0.05) is 20.4 Å². The van der Waals surface area contributed by atoms with E-state index in [2.05, 4.69) is 19.1 Å². The molecule has 0 aliphatic rings. The lowest BCUT2D eigenvalue weighted by Gasteiger charge is -2.23. The highest BCUT2D eigenvalue weighted by Gasteiger charge is 2.23. The Morgan fingerprint density at radius 2 is 1.29 bits per heavy atom. The van der Waals surface area contributed by atoms with Crippen molar-refractivity contribution in [2.24, 2.45) is 5.73 Å². The van der Waals surface area contributed by atoms with Crippen LogP contribution in [-0.4, -0.2) is 52.6 Å². The van der Waals surface area contributed by atoms with E-state index >= 15 is 0 Å². The maximum Gasteiger partial charge on any atom is 0.326 e. The average molecular weight is 485 g/mol. The van der Waals surface area contributed by atoms with Crippen molar-refractivity contribution in [3.63, 3.8) is 0 Å². The minimum Gasteiger partial charge on any atom is -0.481 e. The van der Waals surface area contributed by atoms with Gasteiger partial charge in [-0.3, -0.25) is 9.59 Å². The van der Waals surface area contributed by atoms with Crippen LogP contribution >= 0.6 is 0 Å². The van der Waals surface area contributed by atoms with Gasteiger partial charge in [0.15, 0.2) is 0 Å². The summed E-state index contributed by atoms with van der Waals surface area (Å²) >= 11 is 0. The van der Waals surface area contributed by atoms with Gasteiger partial charge in [-0.25, -0.2) is 4.79 Å². The topological polar surface area (TPSA) is 121 Å². The number of allylic oxidation sites excluding steroid dienone is 2. The van der Waals surface area contributed by atoms with E-state index in [1.807, 2.05) is 0 Å². The van der Waals surface area contributed by atoms with Crippen LogP contribution in [0.1, 0.15) is 123 Å². The Labute approximate surface area is 208 Å². The third-order valence-electron chi connectivity index (χ3n) is 5.83. The van der Waals surface area contributed by atoms with Crippen LogP contribution in [0.4, 0.5) is 0 Å². The van der Waals surface area contributed by atoms with Crippen molar-refractivity contribution in [1.82, 2.24) is 4.90 Å². The number of likely N-dealkylation sites (N-methyl/N-ethyl adjacent to an activating group) is 1. The highest BCUT2D eigenvalue weighted by atomic mass is 16.4. The molecule has 7 nitrogen and oxygen atoms in total. The van der Waals surface area contributed by atoms with Gasteiger partial charge in [-0.2, -0.15) is 0 Å². The van der Waals surface area contributed by atoms with E-state index < -0.39 is 18.0 Å². The van der Waals surface area contributed by atoms with Crippen LogP contribution in [0.5, 0.6) is 0 Å². The normalized spacial score (nSPS) is 11.6. The van der Waals surface area contributed by atoms with Gasteiger partial charge in [-0.1, -0.05) is 70.4 Å². The van der Waals surface area contributed by atoms with Crippen LogP contribution in [-0.2, 0) is 14.4 Å². The first-order chi connectivity index (χ1) is 16.3. The van der Waals surface area contributed by atoms with Crippen LogP contribution in [0.3, 0.4) is 0 Å². The van der Waals surface area contributed by atoms with Crippen LogP contribution in [0, 0.1) is 0 Å². The predicted molar refractivity (Wildman–Crippen MR) is 140 cm³/mol. The standard InChI is InChI=1S/C18H34O2.C9H18N2O3/c1-2-3-4-5-6-7-8-9-10-11-12-13-14-15-16-17-18(19)20;1-7(12)11(2)8(9(13)14)5-3-4-6-10/h9-10H,2-8,11-17H2,1H3,(H,19,20);8H,3-6,10H2,1-2H3,(H,13,14)/b10-9-;/t;8-/m.0/s1. The Morgan fingerprint density at radius 1 is 0.794 bits per heavy atom. The monoisotopic (exact) mass is 484 g/mol. The number of nitrogens with two attached hydrogens (primary N) is 1. The van der Waals surface area contributed by atoms with Gasteiger partial charge in [-0.15, -0.1) is 0 Å². The van der Waals surface area contributed by atoms with E-state index in [9.17, 15) is 14.4 Å². The summed E-state index contributed by atoms with van der Waals surface area (Å²) < 4.78 is 0. The maximum absolute atomic E-state index is 11.0. The minimum absolute atomic E-state index is 0.231. The fourth-order valence-electron chi connectivity index (χ4n) is 3.53. The number of carbonyl (C=O) groups excluding carboxylic acids is 1. The van der Waals surface area contributed by atoms with Crippen molar-refractivity contribution in [3.8, 4) is 0 Å². The van der Waals surface area contributed by atoms with Crippen LogP contribution in [0.15, 0.2) is 12.2 Å². The number of unbranched alkanes of at least 4 members (excludes halogenated alkanes) is 12. The third-order valence-corrected chi connectivity index (χ3v) is 5.83. The minimum atomic E-state index is -0.959. The molecule has 0 aromatic carbocycles. The fourth-order valence-corrected chi connectivity index (χ4v) is 3.53. The Kier molecular flexibility index (Phi) is 25.9. The first kappa shape index (κ1) is 34.3. The molecule has 200 valence electrons. The number of hydrogen-bond acceptors (Lipinski definition) is 4. The predicted octanol–water partition coefficient (Wildman–Crippen LogP) is 6.16. The summed E-state index contributed by atoms with van der Waals surface area (Å²) in [4.78, 5) is 33.3. The van der Waals surface area contributed by atoms with Crippen molar-refractivity contribution in [1.29, 1.82) is 0 Å². The van der Waals surface area contributed by atoms with Crippen molar-refractivity contribution in [2.75, 3.05) is 13.6 Å². The van der Waals surface area contributed by atoms with Crippen molar-refractivity contribution >= 4 is 17.8 Å². The van der Waals surface area contributed by atoms with Crippen LogP contribution in [0.2, 0.25) is 0 Å². The molecule has 0 aliphatic heterocycles. The van der Waals surface area contributed by atoms with Gasteiger partial charge in [-0.05, 0) is 57.9 Å². The number of rotatable bonds is 21. The van der Waals surface area contributed by atoms with E-state index in [1.165, 1.54) is 89.5 Å². The summed E-state index contributed by atoms with van der Waals surface area (Å²) in [6.45, 7) is 4.17. The second-order valence-electron chi connectivity index (χ2n) is 9.00. The Morgan fingerprint density at radius 3 is 1.74 bits per heavy atom. The zero-order valence-corrected chi connectivity index (χ0v) is 22.1. The smallest absolute Gasteiger partial charge is 0.326 e. The fraction of sp³-hybridized carbons (Fsp3) is 0.815. The lowest BCUT2D eigenvalue weighted by atomic mass is 10.1. The first-order valence-electron chi connectivity index (χ1n) is 13.3. The molecule has 4 N–H and O–H groups in total. The summed E-state index contributed by atoms with van der Waals surface area (Å²) in [5.74, 6) is -1.85. The summed E-state index contributed by atoms with van der Waals surface area (Å²) in [7, 11) is 1.50. The van der Waals surface area contributed by atoms with Crippen LogP contribution in [0.25, 0.3) is 0 Å². The zero-order chi connectivity index (χ0) is 26.0. The molecule has 0 bridgehead atoms. The second kappa shape index (κ2) is 25.7. The lowest BCUT2D eigenvalue weighted by Crippen LogP contribution is -2.41. The molecule has 0 aliphatic carbocycles. The SMILES string of the molecule is CC(=O)N(C)[C@@H](CCCCN)C(=O)O.CCCCCCCC/C=C\CCCCCCCC(=O)O. The lowest BCUT2D eigenvalue weighted by molar-refractivity contribution is -0.148. The Balaban J connectivity index is 0. The quantitative estimate of drug-likeness (QED) is 0.133. The van der Waals surface area contributed by atoms with Crippen molar-refractivity contribution < 1.29 is 24.6 Å². The molecule has 0 unspecified atom stereocenters. The molecule has 0 radical (unpaired) electrons. The molecular weight excluding hydrogens is 432 g/mol. The summed E-state index contributed by atoms with van der Waals surface area (Å²) in [5.41, 5.74) is 5.30. The molecule has 0 fully saturated rings. The first-order valence-corrected chi connectivity index (χ1v) is 13.3. The summed E-state index contributed by atoms with van der Waals surface area (Å²) in [6.07, 6.45) is 23.2. The molecule has 0 aromatic heterocycles. The van der Waals surface area contributed by atoms with Gasteiger partial charge in [0.05, 0.1) is 0 Å². The van der Waals surface area contributed by atoms with Crippen molar-refractivity contribution in [2.45, 2.75) is 129 Å². The largest absolute Gasteiger partial charge is 0.481 e. The third kappa shape index (κ3) is 24.7. The average Bonchev–Trinajstić information content (AvgIpc) is 2.79. The van der Waals surface area contributed by atoms with Crippen LogP contribution < -0.4 is 5.73 Å². The van der Waals surface area contributed by atoms with E-state index in [4.69, 9.17) is 15.9 Å². The number of amides is 1. The van der Waals surface area contributed by atoms with Gasteiger partial charge < -0.3 is 20.8 Å². The molecule has 1 atom stereocenters. The maximum atomic E-state index is 11.0. The molecule has 0 aromatic rings. The summed E-state index contributed by atoms with van der Waals surface area (Å²) in [6, 6.07) is -0.723. The molecule has 0 heterocycles. The van der Waals surface area contributed by atoms with E-state index in [0.717, 1.165) is 25.7 Å². The molecule has 0 saturated heterocycles. The van der Waals surface area contributed by atoms with E-state index in [-0.39, 0.29) is 5.91 Å². The number of carboxylic acids is 2. The zero-order valence-electron chi connectivity index (χ0n) is 22.1. The highest BCUT2D eigenvalue weighted by molar-refractivity contribution is 5.81. The summed E-state index contributed by atoms with van der Waals surface area (Å²) in [5, 5.41) is 17.4. The molecule has 0 saturated carbocycles. The Bertz CT molecular complexity index is 537. The number of nitrogens with zero attached hydrogens (tertiary/aromatic N) is 1. The van der Waals surface area contributed by atoms with Gasteiger partial charge >= 0.3 is 11.9 Å². The van der Waals surface area contributed by atoms with Gasteiger partial charge in [0.1, 0.15) is 6.04 Å². The van der Waals surface area contributed by atoms with Crippen molar-refractivity contribution in [3.05, 3.63) is 12.2 Å². The number of aliphatic carboxylic acids is 2. The molecule has 0 rings (SSSR count). The number of hydrogen-bond donors (Lipinski definition) is 3. The van der Waals surface area contributed by atoms with Gasteiger partial charge in [0.2, 0.25) is 5.91 Å². The molecular formula is C27H52N2O5. The Hall–Kier alpha value is -1.89. The molecule has 34 heavy (non-hydrogen) atoms. The molecule has 7 heteroatoms. The van der Waals surface area contributed by atoms with Gasteiger partial charge in [0.25, 0.3) is 0 Å². The number of carbonyl (C=O) groups is 3. The number of carboxylic acid groups (broad SMARTS) is 2. The van der Waals surface area contributed by atoms with E-state index in [0.29, 0.717) is 19.4 Å².